The second-order valence-electron chi connectivity index (χ2n) is 5.93. The maximum atomic E-state index is 13.6. The molecular weight excluding hydrogens is 550 g/mol. The Morgan fingerprint density at radius 1 is 0.767 bits per heavy atom. The molecular formula is C19H14Br2F6O3. The highest BCUT2D eigenvalue weighted by Crippen LogP contribution is 2.44. The zero-order valence-electron chi connectivity index (χ0n) is 15.5. The van der Waals surface area contributed by atoms with Crippen LogP contribution in [0.3, 0.4) is 0 Å². The first-order valence-electron chi connectivity index (χ1n) is 8.13. The lowest BCUT2D eigenvalue weighted by Gasteiger charge is -2.21. The number of carbonyl (C=O) groups excluding carboxylic acids is 1. The summed E-state index contributed by atoms with van der Waals surface area (Å²) in [5.74, 6) is -1.99. The third kappa shape index (κ3) is 4.61. The lowest BCUT2D eigenvalue weighted by atomic mass is 9.90. The smallest absolute Gasteiger partial charge is 0.420 e. The fourth-order valence-electron chi connectivity index (χ4n) is 3.06. The Bertz CT molecular complexity index is 879. The van der Waals surface area contributed by atoms with Crippen LogP contribution in [0.15, 0.2) is 24.3 Å². The maximum Gasteiger partial charge on any atom is 0.420 e. The summed E-state index contributed by atoms with van der Waals surface area (Å²) >= 11 is 5.89. The molecule has 2 rings (SSSR count). The third-order valence-corrected chi connectivity index (χ3v) is 5.43. The largest absolute Gasteiger partial charge is 0.496 e. The van der Waals surface area contributed by atoms with E-state index >= 15 is 0 Å². The highest BCUT2D eigenvalue weighted by Gasteiger charge is 2.41. The maximum absolute atomic E-state index is 13.6. The summed E-state index contributed by atoms with van der Waals surface area (Å²) in [4.78, 5) is 13.1. The van der Waals surface area contributed by atoms with Crippen LogP contribution in [0.2, 0.25) is 0 Å². The van der Waals surface area contributed by atoms with Crippen LogP contribution < -0.4 is 9.47 Å². The molecule has 30 heavy (non-hydrogen) atoms. The summed E-state index contributed by atoms with van der Waals surface area (Å²) in [6, 6.07) is 4.12. The number of ketones is 1. The molecule has 0 amide bonds. The number of ether oxygens (including phenoxy) is 2. The van der Waals surface area contributed by atoms with E-state index in [9.17, 15) is 31.1 Å². The van der Waals surface area contributed by atoms with Gasteiger partial charge < -0.3 is 9.47 Å². The number of alkyl halides is 8. The standard InChI is InChI=1S/C19H14Br2F6O3/c1-29-13-5-3-9(11(7-20)15(13)18(22,23)24)17(28)10-4-6-14(30-2)16(12(10)8-21)19(25,26)27/h3-6H,7-8H2,1-2H3. The number of benzene rings is 2. The van der Waals surface area contributed by atoms with Crippen molar-refractivity contribution in [3.05, 3.63) is 57.6 Å². The Labute approximate surface area is 184 Å². The molecule has 0 atom stereocenters. The van der Waals surface area contributed by atoms with Crippen LogP contribution in [0.5, 0.6) is 11.5 Å². The minimum absolute atomic E-state index is 0.369. The second-order valence-corrected chi connectivity index (χ2v) is 7.05. The van der Waals surface area contributed by atoms with Gasteiger partial charge in [0.1, 0.15) is 22.6 Å². The van der Waals surface area contributed by atoms with Gasteiger partial charge in [-0.05, 0) is 35.4 Å². The molecule has 11 heteroatoms. The van der Waals surface area contributed by atoms with E-state index in [1.54, 1.807) is 0 Å². The van der Waals surface area contributed by atoms with Crippen molar-refractivity contribution < 1.29 is 40.6 Å². The van der Waals surface area contributed by atoms with Gasteiger partial charge in [-0.15, -0.1) is 0 Å². The fourth-order valence-corrected chi connectivity index (χ4v) is 4.23. The number of rotatable bonds is 6. The molecule has 0 spiro atoms. The van der Waals surface area contributed by atoms with Crippen molar-refractivity contribution in [1.82, 2.24) is 0 Å². The number of hydrogen-bond acceptors (Lipinski definition) is 3. The van der Waals surface area contributed by atoms with E-state index in [0.29, 0.717) is 0 Å². The van der Waals surface area contributed by atoms with Crippen LogP contribution in [0.4, 0.5) is 26.3 Å². The van der Waals surface area contributed by atoms with E-state index in [2.05, 4.69) is 31.9 Å². The van der Waals surface area contributed by atoms with Crippen LogP contribution in [0, 0.1) is 0 Å². The van der Waals surface area contributed by atoms with Gasteiger partial charge in [0.05, 0.1) is 14.2 Å². The molecule has 2 aromatic carbocycles. The highest BCUT2D eigenvalue weighted by atomic mass is 79.9. The van der Waals surface area contributed by atoms with E-state index in [1.165, 1.54) is 0 Å². The van der Waals surface area contributed by atoms with E-state index in [1.807, 2.05) is 0 Å². The fraction of sp³-hybridized carbons (Fsp3) is 0.316. The Morgan fingerprint density at radius 2 is 1.10 bits per heavy atom. The summed E-state index contributed by atoms with van der Waals surface area (Å²) in [7, 11) is 2.10. The molecule has 0 saturated carbocycles. The Morgan fingerprint density at radius 3 is 1.33 bits per heavy atom. The summed E-state index contributed by atoms with van der Waals surface area (Å²) in [6.07, 6.45) is -9.69. The lowest BCUT2D eigenvalue weighted by molar-refractivity contribution is -0.140. The van der Waals surface area contributed by atoms with Crippen LogP contribution in [0.1, 0.15) is 38.2 Å². The normalized spacial score (nSPS) is 12.1. The molecule has 3 nitrogen and oxygen atoms in total. The lowest BCUT2D eigenvalue weighted by Crippen LogP contribution is -2.18. The first-order valence-corrected chi connectivity index (χ1v) is 10.4. The number of methoxy groups -OCH3 is 2. The SMILES string of the molecule is COc1ccc(C(=O)c2ccc(OC)c(C(F)(F)F)c2CBr)c(CBr)c1C(F)(F)F. The monoisotopic (exact) mass is 562 g/mol. The minimum Gasteiger partial charge on any atom is -0.496 e. The zero-order valence-corrected chi connectivity index (χ0v) is 18.6. The average Bonchev–Trinajstić information content (AvgIpc) is 2.69. The molecule has 0 aliphatic rings. The Kier molecular flexibility index (Phi) is 7.49. The molecule has 0 aromatic heterocycles. The summed E-state index contributed by atoms with van der Waals surface area (Å²) in [6.45, 7) is 0. The van der Waals surface area contributed by atoms with Gasteiger partial charge in [-0.2, -0.15) is 26.3 Å². The van der Waals surface area contributed by atoms with E-state index in [4.69, 9.17) is 9.47 Å². The topological polar surface area (TPSA) is 35.5 Å². The number of halogens is 8. The van der Waals surface area contributed by atoms with Crippen LogP contribution in [0.25, 0.3) is 0 Å². The van der Waals surface area contributed by atoms with Gasteiger partial charge in [0.2, 0.25) is 0 Å². The van der Waals surface area contributed by atoms with Gasteiger partial charge in [0, 0.05) is 21.8 Å². The van der Waals surface area contributed by atoms with Gasteiger partial charge in [0.25, 0.3) is 0 Å². The van der Waals surface area contributed by atoms with Crippen molar-refractivity contribution in [3.8, 4) is 11.5 Å². The predicted molar refractivity (Wildman–Crippen MR) is 105 cm³/mol. The predicted octanol–water partition coefficient (Wildman–Crippen LogP) is 6.76. The average molecular weight is 564 g/mol. The van der Waals surface area contributed by atoms with Gasteiger partial charge in [-0.3, -0.25) is 4.79 Å². The quantitative estimate of drug-likeness (QED) is 0.221. The van der Waals surface area contributed by atoms with Crippen molar-refractivity contribution in [2.75, 3.05) is 14.2 Å². The Hall–Kier alpha value is -1.75. The van der Waals surface area contributed by atoms with E-state index in [-0.39, 0.29) is 21.8 Å². The van der Waals surface area contributed by atoms with Gasteiger partial charge in [-0.25, -0.2) is 0 Å². The first kappa shape index (κ1) is 24.5. The van der Waals surface area contributed by atoms with Crippen LogP contribution in [-0.2, 0) is 23.0 Å². The van der Waals surface area contributed by atoms with Crippen LogP contribution >= 0.6 is 31.9 Å². The van der Waals surface area contributed by atoms with Gasteiger partial charge in [0.15, 0.2) is 5.78 Å². The van der Waals surface area contributed by atoms with Gasteiger partial charge >= 0.3 is 12.4 Å². The van der Waals surface area contributed by atoms with E-state index < -0.39 is 51.9 Å². The Balaban J connectivity index is 2.82. The zero-order chi connectivity index (χ0) is 22.9. The molecule has 0 N–H and O–H groups in total. The molecule has 164 valence electrons. The summed E-state index contributed by atoms with van der Waals surface area (Å²) < 4.78 is 91.2. The van der Waals surface area contributed by atoms with Crippen molar-refractivity contribution in [3.63, 3.8) is 0 Å². The van der Waals surface area contributed by atoms with Crippen molar-refractivity contribution in [2.45, 2.75) is 23.0 Å². The van der Waals surface area contributed by atoms with Crippen molar-refractivity contribution in [1.29, 1.82) is 0 Å². The molecule has 0 radical (unpaired) electrons. The molecule has 0 aliphatic carbocycles. The summed E-state index contributed by atoms with van der Waals surface area (Å²) in [5, 5.41) is -0.738. The minimum atomic E-state index is -4.85. The second kappa shape index (κ2) is 9.17. The molecule has 0 bridgehead atoms. The molecule has 0 fully saturated rings. The van der Waals surface area contributed by atoms with Crippen molar-refractivity contribution in [2.24, 2.45) is 0 Å². The number of carbonyl (C=O) groups is 1. The number of hydrogen-bond donors (Lipinski definition) is 0. The highest BCUT2D eigenvalue weighted by molar-refractivity contribution is 9.08. The van der Waals surface area contributed by atoms with Crippen LogP contribution in [-0.4, -0.2) is 20.0 Å². The van der Waals surface area contributed by atoms with E-state index in [0.717, 1.165) is 38.5 Å². The van der Waals surface area contributed by atoms with Gasteiger partial charge in [-0.1, -0.05) is 31.9 Å². The molecule has 0 unspecified atom stereocenters. The molecule has 0 heterocycles. The molecule has 2 aromatic rings. The summed E-state index contributed by atoms with van der Waals surface area (Å²) in [5.41, 5.74) is -3.98. The molecule has 0 saturated heterocycles. The first-order chi connectivity index (χ1) is 13.9. The van der Waals surface area contributed by atoms with Crippen molar-refractivity contribution >= 4 is 37.6 Å². The third-order valence-electron chi connectivity index (χ3n) is 4.31. The molecule has 0 aliphatic heterocycles.